The average Bonchev–Trinajstić information content (AvgIpc) is 2.48. The van der Waals surface area contributed by atoms with Crippen LogP contribution in [-0.2, 0) is 14.8 Å². The first-order valence-corrected chi connectivity index (χ1v) is 8.68. The van der Waals surface area contributed by atoms with Crippen molar-refractivity contribution < 1.29 is 18.3 Å². The number of anilines is 1. The number of para-hydroxylation sites is 1. The maximum absolute atomic E-state index is 12.8. The highest BCUT2D eigenvalue weighted by Crippen LogP contribution is 2.30. The molecule has 0 amide bonds. The van der Waals surface area contributed by atoms with E-state index in [-0.39, 0.29) is 14.9 Å². The summed E-state index contributed by atoms with van der Waals surface area (Å²) in [4.78, 5) is 11.0. The number of benzene rings is 2. The van der Waals surface area contributed by atoms with Crippen LogP contribution in [0.25, 0.3) is 0 Å². The van der Waals surface area contributed by atoms with E-state index in [1.54, 1.807) is 31.2 Å². The fourth-order valence-corrected chi connectivity index (χ4v) is 3.90. The van der Waals surface area contributed by atoms with E-state index in [0.29, 0.717) is 11.3 Å². The largest absolute Gasteiger partial charge is 0.480 e. The number of carboxylic acids is 1. The molecule has 0 heterocycles. The smallest absolute Gasteiger partial charge is 0.324 e. The molecule has 0 radical (unpaired) electrons. The van der Waals surface area contributed by atoms with E-state index >= 15 is 0 Å². The molecule has 0 aliphatic rings. The van der Waals surface area contributed by atoms with Crippen LogP contribution in [-0.4, -0.2) is 26.0 Å². The highest BCUT2D eigenvalue weighted by molar-refractivity contribution is 7.92. The molecule has 0 aliphatic carbocycles. The second-order valence-electron chi connectivity index (χ2n) is 4.77. The molecule has 2 aromatic carbocycles. The Hall–Kier alpha value is -1.76. The maximum Gasteiger partial charge on any atom is 0.324 e. The number of aryl methyl sites for hydroxylation is 1. The minimum atomic E-state index is -4.10. The Bertz CT molecular complexity index is 852. The fraction of sp³-hybridized carbons (Fsp3) is 0.133. The molecule has 0 bridgehead atoms. The van der Waals surface area contributed by atoms with Gasteiger partial charge in [0.1, 0.15) is 6.54 Å². The molecule has 0 saturated carbocycles. The van der Waals surface area contributed by atoms with Gasteiger partial charge in [-0.05, 0) is 36.8 Å². The first kappa shape index (κ1) is 17.6. The lowest BCUT2D eigenvalue weighted by molar-refractivity contribution is -0.135. The molecule has 0 fully saturated rings. The number of rotatable bonds is 5. The lowest BCUT2D eigenvalue weighted by atomic mass is 10.2. The van der Waals surface area contributed by atoms with E-state index in [2.05, 4.69) is 0 Å². The van der Waals surface area contributed by atoms with E-state index in [4.69, 9.17) is 28.3 Å². The number of hydrogen-bond donors (Lipinski definition) is 1. The standard InChI is InChI=1S/C15H13Cl2NO4S/c1-10-4-2-3-5-14(10)18(9-15(19)20)23(21,22)11-6-7-12(16)13(17)8-11/h2-8H,9H2,1H3,(H,19,20). The van der Waals surface area contributed by atoms with Crippen LogP contribution in [0, 0.1) is 6.92 Å². The second-order valence-corrected chi connectivity index (χ2v) is 7.44. The Kier molecular flexibility index (Phi) is 5.19. The third-order valence-corrected chi connectivity index (χ3v) is 5.64. The summed E-state index contributed by atoms with van der Waals surface area (Å²) < 4.78 is 26.5. The number of nitrogens with zero attached hydrogens (tertiary/aromatic N) is 1. The van der Waals surface area contributed by atoms with Gasteiger partial charge in [-0.25, -0.2) is 8.42 Å². The monoisotopic (exact) mass is 373 g/mol. The van der Waals surface area contributed by atoms with Crippen molar-refractivity contribution in [1.29, 1.82) is 0 Å². The molecule has 8 heteroatoms. The lowest BCUT2D eigenvalue weighted by Crippen LogP contribution is -2.36. The van der Waals surface area contributed by atoms with E-state index in [0.717, 1.165) is 4.31 Å². The van der Waals surface area contributed by atoms with Gasteiger partial charge in [0.15, 0.2) is 0 Å². The Morgan fingerprint density at radius 2 is 1.78 bits per heavy atom. The Morgan fingerprint density at radius 1 is 1.13 bits per heavy atom. The van der Waals surface area contributed by atoms with Crippen molar-refractivity contribution in [3.8, 4) is 0 Å². The molecule has 5 nitrogen and oxygen atoms in total. The van der Waals surface area contributed by atoms with Crippen LogP contribution in [0.2, 0.25) is 10.0 Å². The fourth-order valence-electron chi connectivity index (χ4n) is 2.03. The molecule has 2 rings (SSSR count). The van der Waals surface area contributed by atoms with Gasteiger partial charge in [-0.1, -0.05) is 41.4 Å². The molecule has 0 unspecified atom stereocenters. The molecule has 1 N–H and O–H groups in total. The predicted octanol–water partition coefficient (Wildman–Crippen LogP) is 3.58. The van der Waals surface area contributed by atoms with Crippen LogP contribution >= 0.6 is 23.2 Å². The number of aliphatic carboxylic acids is 1. The van der Waals surface area contributed by atoms with E-state index in [9.17, 15) is 13.2 Å². The molecule has 0 aliphatic heterocycles. The van der Waals surface area contributed by atoms with Crippen LogP contribution in [0.1, 0.15) is 5.56 Å². The Morgan fingerprint density at radius 3 is 2.35 bits per heavy atom. The summed E-state index contributed by atoms with van der Waals surface area (Å²) in [6, 6.07) is 10.5. The lowest BCUT2D eigenvalue weighted by Gasteiger charge is -2.24. The molecule has 0 spiro atoms. The normalized spacial score (nSPS) is 11.3. The molecule has 0 aromatic heterocycles. The highest BCUT2D eigenvalue weighted by Gasteiger charge is 2.28. The summed E-state index contributed by atoms with van der Waals surface area (Å²) in [6.07, 6.45) is 0. The summed E-state index contributed by atoms with van der Waals surface area (Å²) in [6.45, 7) is 1.00. The van der Waals surface area contributed by atoms with Gasteiger partial charge in [0, 0.05) is 0 Å². The molecular formula is C15H13Cl2NO4S. The quantitative estimate of drug-likeness (QED) is 0.868. The van der Waals surface area contributed by atoms with Crippen molar-refractivity contribution in [3.05, 3.63) is 58.1 Å². The number of carbonyl (C=O) groups is 1. The summed E-state index contributed by atoms with van der Waals surface area (Å²) in [7, 11) is -4.10. The Balaban J connectivity index is 2.60. The number of hydrogen-bond acceptors (Lipinski definition) is 3. The summed E-state index contributed by atoms with van der Waals surface area (Å²) in [5, 5.41) is 9.38. The zero-order chi connectivity index (χ0) is 17.2. The van der Waals surface area contributed by atoms with Gasteiger partial charge >= 0.3 is 5.97 Å². The van der Waals surface area contributed by atoms with Gasteiger partial charge < -0.3 is 5.11 Å². The van der Waals surface area contributed by atoms with Crippen LogP contribution in [0.15, 0.2) is 47.4 Å². The number of halogens is 2. The van der Waals surface area contributed by atoms with Gasteiger partial charge in [0.2, 0.25) is 0 Å². The SMILES string of the molecule is Cc1ccccc1N(CC(=O)O)S(=O)(=O)c1ccc(Cl)c(Cl)c1. The first-order chi connectivity index (χ1) is 10.7. The number of carboxylic acid groups (broad SMARTS) is 1. The van der Waals surface area contributed by atoms with Crippen LogP contribution in [0.4, 0.5) is 5.69 Å². The van der Waals surface area contributed by atoms with Crippen molar-refractivity contribution in [2.24, 2.45) is 0 Å². The average molecular weight is 374 g/mol. The van der Waals surface area contributed by atoms with Gasteiger partial charge in [-0.2, -0.15) is 0 Å². The molecule has 2 aromatic rings. The van der Waals surface area contributed by atoms with Crippen LogP contribution in [0.5, 0.6) is 0 Å². The third kappa shape index (κ3) is 3.77. The van der Waals surface area contributed by atoms with Crippen molar-refractivity contribution >= 4 is 44.9 Å². The third-order valence-electron chi connectivity index (χ3n) is 3.14. The van der Waals surface area contributed by atoms with Crippen molar-refractivity contribution in [3.63, 3.8) is 0 Å². The van der Waals surface area contributed by atoms with E-state index in [1.165, 1.54) is 18.2 Å². The summed E-state index contributed by atoms with van der Waals surface area (Å²) >= 11 is 11.7. The molecule has 23 heavy (non-hydrogen) atoms. The highest BCUT2D eigenvalue weighted by atomic mass is 35.5. The van der Waals surface area contributed by atoms with Gasteiger partial charge in [-0.15, -0.1) is 0 Å². The van der Waals surface area contributed by atoms with Gasteiger partial charge in [0.25, 0.3) is 10.0 Å². The van der Waals surface area contributed by atoms with Gasteiger partial charge in [0.05, 0.1) is 20.6 Å². The van der Waals surface area contributed by atoms with Crippen molar-refractivity contribution in [2.75, 3.05) is 10.8 Å². The minimum Gasteiger partial charge on any atom is -0.480 e. The van der Waals surface area contributed by atoms with E-state index < -0.39 is 22.5 Å². The molecule has 0 saturated heterocycles. The molecular weight excluding hydrogens is 361 g/mol. The van der Waals surface area contributed by atoms with Gasteiger partial charge in [-0.3, -0.25) is 9.10 Å². The molecule has 0 atom stereocenters. The zero-order valence-corrected chi connectivity index (χ0v) is 14.4. The number of sulfonamides is 1. The topological polar surface area (TPSA) is 74.7 Å². The Labute approximate surface area is 144 Å². The second kappa shape index (κ2) is 6.78. The predicted molar refractivity (Wildman–Crippen MR) is 89.8 cm³/mol. The van der Waals surface area contributed by atoms with Crippen molar-refractivity contribution in [1.82, 2.24) is 0 Å². The van der Waals surface area contributed by atoms with E-state index in [1.807, 2.05) is 0 Å². The maximum atomic E-state index is 12.8. The summed E-state index contributed by atoms with van der Waals surface area (Å²) in [5.41, 5.74) is 0.929. The zero-order valence-electron chi connectivity index (χ0n) is 12.0. The van der Waals surface area contributed by atoms with Crippen LogP contribution < -0.4 is 4.31 Å². The minimum absolute atomic E-state index is 0.0767. The van der Waals surface area contributed by atoms with Crippen LogP contribution in [0.3, 0.4) is 0 Å². The first-order valence-electron chi connectivity index (χ1n) is 6.48. The van der Waals surface area contributed by atoms with Crippen molar-refractivity contribution in [2.45, 2.75) is 11.8 Å². The summed E-state index contributed by atoms with van der Waals surface area (Å²) in [5.74, 6) is -1.27. The molecule has 122 valence electrons.